The van der Waals surface area contributed by atoms with Crippen molar-refractivity contribution >= 4 is 27.5 Å². The minimum absolute atomic E-state index is 0.0327. The van der Waals surface area contributed by atoms with E-state index in [0.717, 1.165) is 5.56 Å². The highest BCUT2D eigenvalue weighted by atomic mass is 32.2. The standard InChI is InChI=1S/C22H23F3N4O5S/c1-3-35(32,33)27-15-10-14(23)18(20(25)19(15)24)21-16(29-5-4-12(2)8-17(29)26-21)9-13-11-28(22(30)31)6-7-34-13/h4-5,8,10,13,27H,3,6-7,9,11H2,1-2H3,(H,30,31). The molecule has 0 bridgehead atoms. The number of carbonyl (C=O) groups is 1. The van der Waals surface area contributed by atoms with Gasteiger partial charge in [0.15, 0.2) is 11.6 Å². The molecular formula is C22H23F3N4O5S. The van der Waals surface area contributed by atoms with E-state index in [-0.39, 0.29) is 37.5 Å². The number of pyridine rings is 1. The molecule has 13 heteroatoms. The molecule has 9 nitrogen and oxygen atoms in total. The molecule has 4 rings (SSSR count). The molecule has 0 spiro atoms. The summed E-state index contributed by atoms with van der Waals surface area (Å²) >= 11 is 0. The van der Waals surface area contributed by atoms with Gasteiger partial charge in [-0.05, 0) is 31.5 Å². The molecule has 1 unspecified atom stereocenters. The third-order valence-electron chi connectivity index (χ3n) is 5.75. The van der Waals surface area contributed by atoms with Gasteiger partial charge < -0.3 is 19.1 Å². The zero-order valence-electron chi connectivity index (χ0n) is 18.9. The Morgan fingerprint density at radius 2 is 2.03 bits per heavy atom. The van der Waals surface area contributed by atoms with Crippen molar-refractivity contribution in [1.29, 1.82) is 0 Å². The number of sulfonamides is 1. The van der Waals surface area contributed by atoms with Gasteiger partial charge >= 0.3 is 6.09 Å². The lowest BCUT2D eigenvalue weighted by atomic mass is 10.0. The number of hydrogen-bond donors (Lipinski definition) is 2. The number of carboxylic acid groups (broad SMARTS) is 1. The molecule has 1 atom stereocenters. The van der Waals surface area contributed by atoms with Gasteiger partial charge in [-0.25, -0.2) is 31.4 Å². The molecule has 3 heterocycles. The fourth-order valence-electron chi connectivity index (χ4n) is 3.95. The SMILES string of the molecule is CCS(=O)(=O)Nc1cc(F)c(-c2nc3cc(C)ccn3c2CC2CN(C(=O)O)CCO2)c(F)c1F. The highest BCUT2D eigenvalue weighted by Gasteiger charge is 2.30. The summed E-state index contributed by atoms with van der Waals surface area (Å²) in [5.41, 5.74) is -0.343. The van der Waals surface area contributed by atoms with Crippen LogP contribution >= 0.6 is 0 Å². The molecule has 188 valence electrons. The van der Waals surface area contributed by atoms with Crippen LogP contribution in [0.25, 0.3) is 16.9 Å². The lowest BCUT2D eigenvalue weighted by Gasteiger charge is -2.31. The fourth-order valence-corrected chi connectivity index (χ4v) is 4.58. The summed E-state index contributed by atoms with van der Waals surface area (Å²) < 4.78 is 77.9. The van der Waals surface area contributed by atoms with Gasteiger partial charge in [-0.15, -0.1) is 0 Å². The first-order chi connectivity index (χ1) is 16.5. The van der Waals surface area contributed by atoms with Gasteiger partial charge in [-0.1, -0.05) is 0 Å². The number of amides is 1. The van der Waals surface area contributed by atoms with Gasteiger partial charge in [0.1, 0.15) is 11.5 Å². The Morgan fingerprint density at radius 1 is 1.29 bits per heavy atom. The Hall–Kier alpha value is -3.32. The second-order valence-electron chi connectivity index (χ2n) is 8.18. The molecule has 1 aliphatic rings. The van der Waals surface area contributed by atoms with Crippen molar-refractivity contribution in [2.24, 2.45) is 0 Å². The molecule has 1 saturated heterocycles. The van der Waals surface area contributed by atoms with Crippen molar-refractivity contribution in [2.75, 3.05) is 30.2 Å². The predicted molar refractivity (Wildman–Crippen MR) is 121 cm³/mol. The van der Waals surface area contributed by atoms with Crippen molar-refractivity contribution < 1.29 is 36.2 Å². The highest BCUT2D eigenvalue weighted by molar-refractivity contribution is 7.92. The lowest BCUT2D eigenvalue weighted by molar-refractivity contribution is -0.0214. The summed E-state index contributed by atoms with van der Waals surface area (Å²) in [6, 6.07) is 4.00. The molecular weight excluding hydrogens is 489 g/mol. The summed E-state index contributed by atoms with van der Waals surface area (Å²) in [6.07, 6.45) is -0.0684. The maximum absolute atomic E-state index is 15.2. The first kappa shape index (κ1) is 24.8. The fraction of sp³-hybridized carbons (Fsp3) is 0.364. The Kier molecular flexibility index (Phi) is 6.64. The van der Waals surface area contributed by atoms with Crippen LogP contribution in [0.3, 0.4) is 0 Å². The molecule has 3 aromatic rings. The Labute approximate surface area is 199 Å². The first-order valence-corrected chi connectivity index (χ1v) is 12.4. The number of hydrogen-bond acceptors (Lipinski definition) is 5. The Bertz CT molecular complexity index is 1410. The number of rotatable bonds is 6. The summed E-state index contributed by atoms with van der Waals surface area (Å²) in [7, 11) is -3.98. The summed E-state index contributed by atoms with van der Waals surface area (Å²) in [6.45, 7) is 3.47. The van der Waals surface area contributed by atoms with Crippen LogP contribution in [0.2, 0.25) is 0 Å². The number of nitrogens with zero attached hydrogens (tertiary/aromatic N) is 3. The molecule has 0 radical (unpaired) electrons. The number of fused-ring (bicyclic) bond motifs is 1. The van der Waals surface area contributed by atoms with Crippen LogP contribution in [0.5, 0.6) is 0 Å². The Balaban J connectivity index is 1.83. The summed E-state index contributed by atoms with van der Waals surface area (Å²) in [4.78, 5) is 16.9. The maximum atomic E-state index is 15.2. The van der Waals surface area contributed by atoms with Crippen LogP contribution in [0, 0.1) is 24.4 Å². The van der Waals surface area contributed by atoms with Crippen molar-refractivity contribution in [3.8, 4) is 11.3 Å². The van der Waals surface area contributed by atoms with Crippen LogP contribution in [0.15, 0.2) is 24.4 Å². The Morgan fingerprint density at radius 3 is 2.71 bits per heavy atom. The predicted octanol–water partition coefficient (Wildman–Crippen LogP) is 3.41. The molecule has 1 fully saturated rings. The molecule has 0 saturated carbocycles. The second-order valence-corrected chi connectivity index (χ2v) is 10.2. The van der Waals surface area contributed by atoms with Crippen molar-refractivity contribution in [2.45, 2.75) is 26.4 Å². The molecule has 1 aromatic carbocycles. The minimum atomic E-state index is -3.98. The number of aromatic nitrogens is 2. The van der Waals surface area contributed by atoms with Crippen molar-refractivity contribution in [1.82, 2.24) is 14.3 Å². The zero-order chi connectivity index (χ0) is 25.5. The third-order valence-corrected chi connectivity index (χ3v) is 7.04. The monoisotopic (exact) mass is 512 g/mol. The number of imidazole rings is 1. The number of nitrogens with one attached hydrogen (secondary N) is 1. The number of benzene rings is 1. The van der Waals surface area contributed by atoms with E-state index in [0.29, 0.717) is 11.7 Å². The van der Waals surface area contributed by atoms with Gasteiger partial charge in [0.25, 0.3) is 0 Å². The van der Waals surface area contributed by atoms with Crippen molar-refractivity contribution in [3.63, 3.8) is 0 Å². The van der Waals surface area contributed by atoms with Crippen LogP contribution in [-0.4, -0.2) is 65.5 Å². The third kappa shape index (κ3) is 4.91. The van der Waals surface area contributed by atoms with E-state index in [9.17, 15) is 22.7 Å². The average molecular weight is 513 g/mol. The summed E-state index contributed by atoms with van der Waals surface area (Å²) in [5.74, 6) is -4.79. The van der Waals surface area contributed by atoms with Gasteiger partial charge in [-0.2, -0.15) is 0 Å². The average Bonchev–Trinajstić information content (AvgIpc) is 3.14. The smallest absolute Gasteiger partial charge is 0.407 e. The van der Waals surface area contributed by atoms with E-state index in [1.807, 2.05) is 4.72 Å². The van der Waals surface area contributed by atoms with E-state index in [1.165, 1.54) is 11.8 Å². The molecule has 2 N–H and O–H groups in total. The van der Waals surface area contributed by atoms with Crippen molar-refractivity contribution in [3.05, 3.63) is 53.1 Å². The van der Waals surface area contributed by atoms with E-state index < -0.39 is 56.7 Å². The molecule has 2 aromatic heterocycles. The topological polar surface area (TPSA) is 113 Å². The van der Waals surface area contributed by atoms with Crippen LogP contribution < -0.4 is 4.72 Å². The van der Waals surface area contributed by atoms with Crippen LogP contribution in [0.1, 0.15) is 18.2 Å². The van der Waals surface area contributed by atoms with E-state index >= 15 is 8.78 Å². The number of aryl methyl sites for hydroxylation is 1. The normalized spacial score (nSPS) is 16.6. The van der Waals surface area contributed by atoms with Gasteiger partial charge in [-0.3, -0.25) is 4.72 Å². The van der Waals surface area contributed by atoms with E-state index in [4.69, 9.17) is 4.74 Å². The number of halogens is 3. The largest absolute Gasteiger partial charge is 0.465 e. The quantitative estimate of drug-likeness (QED) is 0.490. The zero-order valence-corrected chi connectivity index (χ0v) is 19.7. The molecule has 35 heavy (non-hydrogen) atoms. The van der Waals surface area contributed by atoms with Gasteiger partial charge in [0.2, 0.25) is 10.0 Å². The second kappa shape index (κ2) is 9.38. The van der Waals surface area contributed by atoms with Crippen LogP contribution in [0.4, 0.5) is 23.7 Å². The van der Waals surface area contributed by atoms with E-state index in [2.05, 4.69) is 4.98 Å². The summed E-state index contributed by atoms with van der Waals surface area (Å²) in [5, 5.41) is 9.31. The highest BCUT2D eigenvalue weighted by Crippen LogP contribution is 2.35. The van der Waals surface area contributed by atoms with E-state index in [1.54, 1.807) is 29.7 Å². The van der Waals surface area contributed by atoms with Crippen LogP contribution in [-0.2, 0) is 21.2 Å². The maximum Gasteiger partial charge on any atom is 0.407 e. The minimum Gasteiger partial charge on any atom is -0.465 e. The number of morpholine rings is 1. The van der Waals surface area contributed by atoms with Gasteiger partial charge in [0.05, 0.1) is 47.6 Å². The lowest BCUT2D eigenvalue weighted by Crippen LogP contribution is -2.45. The number of ether oxygens (including phenoxy) is 1. The molecule has 0 aliphatic carbocycles. The first-order valence-electron chi connectivity index (χ1n) is 10.8. The molecule has 1 aliphatic heterocycles. The number of anilines is 1. The molecule has 1 amide bonds. The van der Waals surface area contributed by atoms with Gasteiger partial charge in [0, 0.05) is 25.2 Å².